The van der Waals surface area contributed by atoms with E-state index in [-0.39, 0.29) is 22.9 Å². The summed E-state index contributed by atoms with van der Waals surface area (Å²) >= 11 is 0. The van der Waals surface area contributed by atoms with E-state index in [2.05, 4.69) is 5.32 Å². The molecule has 0 bridgehead atoms. The average Bonchev–Trinajstić information content (AvgIpc) is 2.37. The van der Waals surface area contributed by atoms with Crippen molar-refractivity contribution in [2.24, 2.45) is 0 Å². The van der Waals surface area contributed by atoms with Gasteiger partial charge in [0.15, 0.2) is 0 Å². The predicted octanol–water partition coefficient (Wildman–Crippen LogP) is 3.04. The SMILES string of the molecule is CCCCCC(=O)Nc1ccc(S(=O)(=O)Cl)cc1[N+](=O)[O-]. The summed E-state index contributed by atoms with van der Waals surface area (Å²) in [5.74, 6) is -0.354. The summed E-state index contributed by atoms with van der Waals surface area (Å²) in [6.45, 7) is 1.99. The molecule has 0 aliphatic heterocycles. The fourth-order valence-corrected chi connectivity index (χ4v) is 2.44. The lowest BCUT2D eigenvalue weighted by atomic mass is 10.2. The Morgan fingerprint density at radius 1 is 1.38 bits per heavy atom. The number of anilines is 1. The molecule has 116 valence electrons. The number of nitrogens with zero attached hydrogens (tertiary/aromatic N) is 1. The van der Waals surface area contributed by atoms with Gasteiger partial charge in [-0.25, -0.2) is 8.42 Å². The molecule has 0 radical (unpaired) electrons. The van der Waals surface area contributed by atoms with Crippen LogP contribution in [0.1, 0.15) is 32.6 Å². The first-order valence-electron chi connectivity index (χ1n) is 6.28. The largest absolute Gasteiger partial charge is 0.320 e. The topological polar surface area (TPSA) is 106 Å². The second-order valence-electron chi connectivity index (χ2n) is 4.38. The second-order valence-corrected chi connectivity index (χ2v) is 6.95. The van der Waals surface area contributed by atoms with Gasteiger partial charge in [-0.05, 0) is 18.6 Å². The van der Waals surface area contributed by atoms with Crippen LogP contribution in [0.25, 0.3) is 0 Å². The predicted molar refractivity (Wildman–Crippen MR) is 78.9 cm³/mol. The number of nitro benzene ring substituents is 1. The summed E-state index contributed by atoms with van der Waals surface area (Å²) in [5.41, 5.74) is -0.564. The molecule has 21 heavy (non-hydrogen) atoms. The maximum atomic E-state index is 11.7. The van der Waals surface area contributed by atoms with E-state index in [0.29, 0.717) is 6.42 Å². The van der Waals surface area contributed by atoms with Gasteiger partial charge in [-0.3, -0.25) is 14.9 Å². The molecule has 0 aromatic heterocycles. The molecule has 7 nitrogen and oxygen atoms in total. The molecule has 1 amide bonds. The highest BCUT2D eigenvalue weighted by atomic mass is 35.7. The zero-order valence-electron chi connectivity index (χ0n) is 11.3. The van der Waals surface area contributed by atoms with Crippen LogP contribution in [0.2, 0.25) is 0 Å². The molecule has 0 fully saturated rings. The third kappa shape index (κ3) is 5.31. The first kappa shape index (κ1) is 17.4. The number of hydrogen-bond donors (Lipinski definition) is 1. The summed E-state index contributed by atoms with van der Waals surface area (Å²) < 4.78 is 22.3. The van der Waals surface area contributed by atoms with Crippen LogP contribution in [-0.4, -0.2) is 19.2 Å². The van der Waals surface area contributed by atoms with E-state index >= 15 is 0 Å². The van der Waals surface area contributed by atoms with E-state index in [1.807, 2.05) is 6.92 Å². The van der Waals surface area contributed by atoms with Gasteiger partial charge in [-0.1, -0.05) is 19.8 Å². The zero-order chi connectivity index (χ0) is 16.0. The van der Waals surface area contributed by atoms with Crippen LogP contribution in [0, 0.1) is 10.1 Å². The van der Waals surface area contributed by atoms with E-state index in [4.69, 9.17) is 10.7 Å². The van der Waals surface area contributed by atoms with E-state index in [1.54, 1.807) is 0 Å². The second kappa shape index (κ2) is 7.37. The lowest BCUT2D eigenvalue weighted by Crippen LogP contribution is -2.12. The Morgan fingerprint density at radius 3 is 2.57 bits per heavy atom. The van der Waals surface area contributed by atoms with Crippen LogP contribution in [0.3, 0.4) is 0 Å². The number of nitrogens with one attached hydrogen (secondary N) is 1. The molecule has 0 aliphatic rings. The van der Waals surface area contributed by atoms with E-state index in [1.165, 1.54) is 0 Å². The lowest BCUT2D eigenvalue weighted by Gasteiger charge is -2.06. The minimum absolute atomic E-state index is 0.0504. The number of benzene rings is 1. The summed E-state index contributed by atoms with van der Waals surface area (Å²) in [6, 6.07) is 3.09. The van der Waals surface area contributed by atoms with Crippen LogP contribution in [0.5, 0.6) is 0 Å². The summed E-state index contributed by atoms with van der Waals surface area (Å²) in [7, 11) is 1.07. The van der Waals surface area contributed by atoms with Crippen molar-refractivity contribution in [3.63, 3.8) is 0 Å². The number of amides is 1. The fourth-order valence-electron chi connectivity index (χ4n) is 1.67. The molecule has 1 aromatic carbocycles. The molecule has 0 saturated heterocycles. The van der Waals surface area contributed by atoms with Gasteiger partial charge in [-0.2, -0.15) is 0 Å². The Bertz CT molecular complexity index is 645. The maximum Gasteiger partial charge on any atom is 0.294 e. The molecule has 1 aromatic rings. The minimum Gasteiger partial charge on any atom is -0.320 e. The van der Waals surface area contributed by atoms with Crippen molar-refractivity contribution < 1.29 is 18.1 Å². The fraction of sp³-hybridized carbons (Fsp3) is 0.417. The summed E-state index contributed by atoms with van der Waals surface area (Å²) in [4.78, 5) is 21.5. The van der Waals surface area contributed by atoms with Gasteiger partial charge in [0.05, 0.1) is 9.82 Å². The summed E-state index contributed by atoms with van der Waals surface area (Å²) in [6.07, 6.45) is 2.78. The molecule has 0 unspecified atom stereocenters. The Balaban J connectivity index is 2.97. The molecule has 9 heteroatoms. The number of halogens is 1. The van der Waals surface area contributed by atoms with Crippen molar-refractivity contribution in [3.05, 3.63) is 28.3 Å². The average molecular weight is 335 g/mol. The van der Waals surface area contributed by atoms with E-state index < -0.39 is 19.7 Å². The highest BCUT2D eigenvalue weighted by Gasteiger charge is 2.20. The van der Waals surface area contributed by atoms with Gasteiger partial charge in [-0.15, -0.1) is 0 Å². The standard InChI is InChI=1S/C12H15ClN2O5S/c1-2-3-4-5-12(16)14-10-7-6-9(21(13,19)20)8-11(10)15(17)18/h6-8H,2-5H2,1H3,(H,14,16). The zero-order valence-corrected chi connectivity index (χ0v) is 12.9. The van der Waals surface area contributed by atoms with E-state index in [0.717, 1.165) is 31.0 Å². The number of carbonyl (C=O) groups is 1. The third-order valence-electron chi connectivity index (χ3n) is 2.73. The van der Waals surface area contributed by atoms with Crippen LogP contribution >= 0.6 is 10.7 Å². The highest BCUT2D eigenvalue weighted by Crippen LogP contribution is 2.29. The molecular formula is C12H15ClN2O5S. The Morgan fingerprint density at radius 2 is 2.05 bits per heavy atom. The molecule has 0 heterocycles. The van der Waals surface area contributed by atoms with Crippen molar-refractivity contribution in [1.82, 2.24) is 0 Å². The van der Waals surface area contributed by atoms with Crippen LogP contribution < -0.4 is 5.32 Å². The van der Waals surface area contributed by atoms with Crippen molar-refractivity contribution in [1.29, 1.82) is 0 Å². The lowest BCUT2D eigenvalue weighted by molar-refractivity contribution is -0.384. The van der Waals surface area contributed by atoms with Gasteiger partial charge in [0, 0.05) is 23.2 Å². The normalized spacial score (nSPS) is 11.1. The van der Waals surface area contributed by atoms with Gasteiger partial charge < -0.3 is 5.32 Å². The quantitative estimate of drug-likeness (QED) is 0.357. The van der Waals surface area contributed by atoms with Crippen molar-refractivity contribution in [2.45, 2.75) is 37.5 Å². The first-order valence-corrected chi connectivity index (χ1v) is 8.59. The van der Waals surface area contributed by atoms with Crippen molar-refractivity contribution >= 4 is 37.0 Å². The number of hydrogen-bond acceptors (Lipinski definition) is 5. The molecule has 0 saturated carbocycles. The van der Waals surface area contributed by atoms with Crippen LogP contribution in [-0.2, 0) is 13.8 Å². The number of nitro groups is 1. The molecule has 0 aliphatic carbocycles. The van der Waals surface area contributed by atoms with Crippen LogP contribution in [0.15, 0.2) is 23.1 Å². The number of unbranched alkanes of at least 4 members (excludes halogenated alkanes) is 2. The third-order valence-corrected chi connectivity index (χ3v) is 4.08. The maximum absolute atomic E-state index is 11.7. The Labute approximate surface area is 126 Å². The Hall–Kier alpha value is -1.67. The molecule has 1 rings (SSSR count). The van der Waals surface area contributed by atoms with Gasteiger partial charge >= 0.3 is 0 Å². The highest BCUT2D eigenvalue weighted by molar-refractivity contribution is 8.13. The molecule has 1 N–H and O–H groups in total. The summed E-state index contributed by atoms with van der Waals surface area (Å²) in [5, 5.41) is 13.4. The minimum atomic E-state index is -4.07. The monoisotopic (exact) mass is 334 g/mol. The smallest absolute Gasteiger partial charge is 0.294 e. The van der Waals surface area contributed by atoms with Gasteiger partial charge in [0.1, 0.15) is 5.69 Å². The van der Waals surface area contributed by atoms with E-state index in [9.17, 15) is 23.3 Å². The molecule has 0 atom stereocenters. The number of rotatable bonds is 7. The molecule has 0 spiro atoms. The first-order chi connectivity index (χ1) is 9.75. The molecular weight excluding hydrogens is 320 g/mol. The van der Waals surface area contributed by atoms with Crippen LogP contribution in [0.4, 0.5) is 11.4 Å². The Kier molecular flexibility index (Phi) is 6.10. The van der Waals surface area contributed by atoms with Gasteiger partial charge in [0.2, 0.25) is 5.91 Å². The van der Waals surface area contributed by atoms with Crippen molar-refractivity contribution in [2.75, 3.05) is 5.32 Å². The van der Waals surface area contributed by atoms with Gasteiger partial charge in [0.25, 0.3) is 14.7 Å². The van der Waals surface area contributed by atoms with Crippen molar-refractivity contribution in [3.8, 4) is 0 Å². The number of carbonyl (C=O) groups excluding carboxylic acids is 1.